The largest absolute Gasteiger partial charge is 0.481 e. The number of rotatable bonds is 4. The molecule has 0 radical (unpaired) electrons. The average Bonchev–Trinajstić information content (AvgIpc) is 3.21. The van der Waals surface area contributed by atoms with E-state index >= 15 is 0 Å². The minimum atomic E-state index is -0.745. The summed E-state index contributed by atoms with van der Waals surface area (Å²) in [6.45, 7) is 3.53. The first-order chi connectivity index (χ1) is 16.4. The number of carboxylic acid groups (broad SMARTS) is 1. The Bertz CT molecular complexity index is 1130. The summed E-state index contributed by atoms with van der Waals surface area (Å²) in [5.74, 6) is 0.260. The Morgan fingerprint density at radius 2 is 1.79 bits per heavy atom. The highest BCUT2D eigenvalue weighted by atomic mass is 35.5. The fraction of sp³-hybridized carbons (Fsp3) is 0.375. The third-order valence-electron chi connectivity index (χ3n) is 6.28. The summed E-state index contributed by atoms with van der Waals surface area (Å²) < 4.78 is 0. The second kappa shape index (κ2) is 10.6. The Hall–Kier alpha value is -2.91. The van der Waals surface area contributed by atoms with Gasteiger partial charge < -0.3 is 15.7 Å². The molecule has 1 spiro atoms. The zero-order chi connectivity index (χ0) is 24.1. The number of hydrogen-bond donors (Lipinski definition) is 2. The van der Waals surface area contributed by atoms with Crippen LogP contribution >= 0.6 is 23.4 Å². The van der Waals surface area contributed by atoms with Crippen molar-refractivity contribution in [2.75, 3.05) is 23.7 Å². The Morgan fingerprint density at radius 1 is 1.15 bits per heavy atom. The van der Waals surface area contributed by atoms with Crippen LogP contribution in [0.25, 0.3) is 0 Å². The van der Waals surface area contributed by atoms with Crippen molar-refractivity contribution in [3.8, 4) is 0 Å². The lowest BCUT2D eigenvalue weighted by Gasteiger charge is -2.39. The van der Waals surface area contributed by atoms with Crippen molar-refractivity contribution in [2.24, 2.45) is 5.41 Å². The van der Waals surface area contributed by atoms with Crippen LogP contribution in [0.3, 0.4) is 0 Å². The van der Waals surface area contributed by atoms with Crippen LogP contribution < -0.4 is 10.6 Å². The number of hydrogen-bond acceptors (Lipinski definition) is 8. The molecule has 1 aromatic carbocycles. The van der Waals surface area contributed by atoms with E-state index in [1.165, 1.54) is 35.7 Å². The van der Waals surface area contributed by atoms with E-state index in [1.807, 2.05) is 6.07 Å². The van der Waals surface area contributed by atoms with Gasteiger partial charge in [0.15, 0.2) is 0 Å². The zero-order valence-corrected chi connectivity index (χ0v) is 20.5. The Morgan fingerprint density at radius 3 is 2.35 bits per heavy atom. The molecule has 5 rings (SSSR count). The first-order valence-corrected chi connectivity index (χ1v) is 12.4. The summed E-state index contributed by atoms with van der Waals surface area (Å²) in [6, 6.07) is 10.7. The standard InChI is InChI=1S/C21H21ClN6S.C3H6O2/c22-18-16(5-8-24-19(18)23)29-17-13-25-20(27-26-17)28-9-6-21(7-10-28)11-14-3-1-2-4-15(14)12-21;1-2-3(4)5/h1-5,8,13H,6-7,9-12H2,(H2,23,24);2H2,1H3,(H,4,5). The first-order valence-electron chi connectivity index (χ1n) is 11.2. The summed E-state index contributed by atoms with van der Waals surface area (Å²) >= 11 is 7.59. The number of nitrogens with two attached hydrogens (primary N) is 1. The Labute approximate surface area is 208 Å². The van der Waals surface area contributed by atoms with Gasteiger partial charge in [-0.25, -0.2) is 9.97 Å². The molecular weight excluding hydrogens is 472 g/mol. The second-order valence-corrected chi connectivity index (χ2v) is 10.0. The summed E-state index contributed by atoms with van der Waals surface area (Å²) in [4.78, 5) is 20.9. The SMILES string of the molecule is CCC(=O)O.Nc1nccc(Sc2cnc(N3CCC4(CC3)Cc3ccccc3C4)nn2)c1Cl. The molecule has 3 N–H and O–H groups in total. The molecular formula is C24H27ClN6O2S. The van der Waals surface area contributed by atoms with Crippen LogP contribution in [0.4, 0.5) is 11.8 Å². The number of carboxylic acids is 1. The lowest BCUT2D eigenvalue weighted by atomic mass is 9.76. The third kappa shape index (κ3) is 5.59. The lowest BCUT2D eigenvalue weighted by Crippen LogP contribution is -2.41. The smallest absolute Gasteiger partial charge is 0.303 e. The van der Waals surface area contributed by atoms with Crippen molar-refractivity contribution in [2.45, 2.75) is 48.9 Å². The van der Waals surface area contributed by atoms with Crippen LogP contribution in [-0.4, -0.2) is 44.3 Å². The molecule has 0 saturated carbocycles. The van der Waals surface area contributed by atoms with E-state index in [0.717, 1.165) is 30.8 Å². The van der Waals surface area contributed by atoms with Crippen LogP contribution in [0, 0.1) is 5.41 Å². The van der Waals surface area contributed by atoms with Crippen LogP contribution in [0.1, 0.15) is 37.3 Å². The number of nitrogen functional groups attached to an aromatic ring is 1. The Kier molecular flexibility index (Phi) is 7.53. The monoisotopic (exact) mass is 498 g/mol. The Balaban J connectivity index is 0.000000499. The van der Waals surface area contributed by atoms with Crippen molar-refractivity contribution >= 4 is 41.1 Å². The summed E-state index contributed by atoms with van der Waals surface area (Å²) in [6.07, 6.45) is 8.31. The number of carbonyl (C=O) groups is 1. The number of aromatic nitrogens is 4. The maximum absolute atomic E-state index is 9.37. The number of aliphatic carboxylic acids is 1. The molecule has 0 amide bonds. The first kappa shape index (κ1) is 24.2. The molecule has 1 fully saturated rings. The van der Waals surface area contributed by atoms with Crippen LogP contribution in [0.5, 0.6) is 0 Å². The van der Waals surface area contributed by atoms with E-state index < -0.39 is 5.97 Å². The van der Waals surface area contributed by atoms with Crippen LogP contribution in [-0.2, 0) is 17.6 Å². The van der Waals surface area contributed by atoms with E-state index in [-0.39, 0.29) is 6.42 Å². The summed E-state index contributed by atoms with van der Waals surface area (Å²) in [7, 11) is 0. The normalized spacial score (nSPS) is 16.0. The predicted molar refractivity (Wildman–Crippen MR) is 133 cm³/mol. The maximum atomic E-state index is 9.37. The van der Waals surface area contributed by atoms with Crippen molar-refractivity contribution in [3.63, 3.8) is 0 Å². The van der Waals surface area contributed by atoms with Gasteiger partial charge in [-0.2, -0.15) is 0 Å². The van der Waals surface area contributed by atoms with Crippen LogP contribution in [0.2, 0.25) is 5.02 Å². The highest BCUT2D eigenvalue weighted by Crippen LogP contribution is 2.44. The van der Waals surface area contributed by atoms with Gasteiger partial charge in [0, 0.05) is 30.6 Å². The average molecular weight is 499 g/mol. The van der Waals surface area contributed by atoms with Crippen molar-refractivity contribution in [1.29, 1.82) is 0 Å². The molecule has 178 valence electrons. The van der Waals surface area contributed by atoms with Crippen molar-refractivity contribution < 1.29 is 9.90 Å². The van der Waals surface area contributed by atoms with Gasteiger partial charge in [0.25, 0.3) is 0 Å². The highest BCUT2D eigenvalue weighted by molar-refractivity contribution is 7.99. The van der Waals surface area contributed by atoms with Crippen LogP contribution in [0.15, 0.2) is 52.6 Å². The highest BCUT2D eigenvalue weighted by Gasteiger charge is 2.40. The summed E-state index contributed by atoms with van der Waals surface area (Å²) in [5, 5.41) is 17.5. The maximum Gasteiger partial charge on any atom is 0.303 e. The van der Waals surface area contributed by atoms with Crippen molar-refractivity contribution in [1.82, 2.24) is 20.2 Å². The minimum Gasteiger partial charge on any atom is -0.481 e. The number of anilines is 2. The van der Waals surface area contributed by atoms with Gasteiger partial charge >= 0.3 is 5.97 Å². The molecule has 1 saturated heterocycles. The van der Waals surface area contributed by atoms with E-state index in [1.54, 1.807) is 19.3 Å². The molecule has 1 aliphatic carbocycles. The molecule has 3 heterocycles. The topological polar surface area (TPSA) is 118 Å². The van der Waals surface area contributed by atoms with E-state index in [2.05, 4.69) is 49.3 Å². The van der Waals surface area contributed by atoms with Gasteiger partial charge in [-0.3, -0.25) is 4.79 Å². The minimum absolute atomic E-state index is 0.222. The molecule has 34 heavy (non-hydrogen) atoms. The zero-order valence-electron chi connectivity index (χ0n) is 18.9. The number of halogens is 1. The third-order valence-corrected chi connectivity index (χ3v) is 7.75. The lowest BCUT2D eigenvalue weighted by molar-refractivity contribution is -0.136. The predicted octanol–water partition coefficient (Wildman–Crippen LogP) is 4.52. The van der Waals surface area contributed by atoms with E-state index in [0.29, 0.717) is 27.2 Å². The molecule has 8 nitrogen and oxygen atoms in total. The van der Waals surface area contributed by atoms with Gasteiger partial charge in [-0.05, 0) is 48.3 Å². The van der Waals surface area contributed by atoms with Gasteiger partial charge in [-0.1, -0.05) is 54.6 Å². The van der Waals surface area contributed by atoms with Gasteiger partial charge in [-0.15, -0.1) is 10.2 Å². The number of benzene rings is 1. The molecule has 0 atom stereocenters. The number of pyridine rings is 1. The number of fused-ring (bicyclic) bond motifs is 1. The molecule has 2 aromatic heterocycles. The van der Waals surface area contributed by atoms with Gasteiger partial charge in [0.05, 0.1) is 11.2 Å². The summed E-state index contributed by atoms with van der Waals surface area (Å²) in [5.41, 5.74) is 9.21. The fourth-order valence-electron chi connectivity index (χ4n) is 4.39. The molecule has 0 bridgehead atoms. The number of piperidine rings is 1. The molecule has 10 heteroatoms. The number of nitrogens with zero attached hydrogens (tertiary/aromatic N) is 5. The van der Waals surface area contributed by atoms with E-state index in [9.17, 15) is 4.79 Å². The van der Waals surface area contributed by atoms with E-state index in [4.69, 9.17) is 22.4 Å². The molecule has 3 aromatic rings. The molecule has 2 aliphatic rings. The fourth-order valence-corrected chi connectivity index (χ4v) is 5.35. The van der Waals surface area contributed by atoms with Gasteiger partial charge in [0.1, 0.15) is 10.8 Å². The quantitative estimate of drug-likeness (QED) is 0.535. The molecule has 1 aliphatic heterocycles. The van der Waals surface area contributed by atoms with Crippen molar-refractivity contribution in [3.05, 3.63) is 58.9 Å². The molecule has 0 unspecified atom stereocenters. The van der Waals surface area contributed by atoms with Gasteiger partial charge in [0.2, 0.25) is 5.95 Å². The second-order valence-electron chi connectivity index (χ2n) is 8.56.